The summed E-state index contributed by atoms with van der Waals surface area (Å²) in [7, 11) is 0. The van der Waals surface area contributed by atoms with Crippen molar-refractivity contribution in [3.05, 3.63) is 62.0 Å². The fourth-order valence-electron chi connectivity index (χ4n) is 2.05. The van der Waals surface area contributed by atoms with Crippen LogP contribution in [0.2, 0.25) is 10.0 Å². The molecule has 132 valence electrons. The molecule has 0 aliphatic carbocycles. The van der Waals surface area contributed by atoms with Crippen LogP contribution < -0.4 is 10.2 Å². The summed E-state index contributed by atoms with van der Waals surface area (Å²) in [5.74, 6) is 0.610. The largest absolute Gasteiger partial charge is 0.483 e. The van der Waals surface area contributed by atoms with Gasteiger partial charge in [-0.05, 0) is 47.4 Å². The Morgan fingerprint density at radius 1 is 1.24 bits per heavy atom. The molecule has 2 rings (SSSR count). The van der Waals surface area contributed by atoms with Crippen LogP contribution in [-0.4, -0.2) is 18.7 Å². The van der Waals surface area contributed by atoms with Gasteiger partial charge in [0, 0.05) is 4.47 Å². The summed E-state index contributed by atoms with van der Waals surface area (Å²) >= 11 is 15.2. The SMILES string of the molecule is CC(C)c1cc(Br)ccc1OCC(=O)N/N=C/c1ccc(Cl)c(Cl)c1. The molecule has 1 N–H and O–H groups in total. The van der Waals surface area contributed by atoms with Crippen LogP contribution in [0.1, 0.15) is 30.9 Å². The fraction of sp³-hybridized carbons (Fsp3) is 0.222. The first kappa shape index (κ1) is 19.8. The lowest BCUT2D eigenvalue weighted by Crippen LogP contribution is -2.24. The highest BCUT2D eigenvalue weighted by Gasteiger charge is 2.10. The van der Waals surface area contributed by atoms with Crippen LogP contribution >= 0.6 is 39.1 Å². The Morgan fingerprint density at radius 2 is 2.00 bits per heavy atom. The molecule has 2 aromatic carbocycles. The number of nitrogens with zero attached hydrogens (tertiary/aromatic N) is 1. The van der Waals surface area contributed by atoms with Crippen molar-refractivity contribution in [2.24, 2.45) is 5.10 Å². The second-order valence-corrected chi connectivity index (χ2v) is 7.32. The third-order valence-corrected chi connectivity index (χ3v) is 4.53. The molecular weight excluding hydrogens is 427 g/mol. The number of halogens is 3. The minimum atomic E-state index is -0.353. The minimum Gasteiger partial charge on any atom is -0.483 e. The van der Waals surface area contributed by atoms with Crippen LogP contribution in [0.15, 0.2) is 46.0 Å². The lowest BCUT2D eigenvalue weighted by molar-refractivity contribution is -0.123. The van der Waals surface area contributed by atoms with Gasteiger partial charge < -0.3 is 4.74 Å². The average Bonchev–Trinajstić information content (AvgIpc) is 2.56. The average molecular weight is 444 g/mol. The highest BCUT2D eigenvalue weighted by Crippen LogP contribution is 2.29. The van der Waals surface area contributed by atoms with Crippen LogP contribution in [0.3, 0.4) is 0 Å². The Balaban J connectivity index is 1.91. The van der Waals surface area contributed by atoms with Gasteiger partial charge >= 0.3 is 0 Å². The topological polar surface area (TPSA) is 50.7 Å². The van der Waals surface area contributed by atoms with E-state index in [2.05, 4.69) is 40.3 Å². The van der Waals surface area contributed by atoms with Gasteiger partial charge in [-0.25, -0.2) is 5.43 Å². The van der Waals surface area contributed by atoms with Gasteiger partial charge in [0.05, 0.1) is 16.3 Å². The second kappa shape index (κ2) is 9.22. The maximum Gasteiger partial charge on any atom is 0.277 e. The van der Waals surface area contributed by atoms with E-state index in [0.717, 1.165) is 15.6 Å². The predicted molar refractivity (Wildman–Crippen MR) is 106 cm³/mol. The molecule has 0 atom stereocenters. The van der Waals surface area contributed by atoms with Gasteiger partial charge in [-0.3, -0.25) is 4.79 Å². The zero-order valence-corrected chi connectivity index (χ0v) is 16.8. The van der Waals surface area contributed by atoms with E-state index >= 15 is 0 Å². The predicted octanol–water partition coefficient (Wildman–Crippen LogP) is 5.41. The van der Waals surface area contributed by atoms with Gasteiger partial charge in [0.25, 0.3) is 5.91 Å². The number of carbonyl (C=O) groups is 1. The number of carbonyl (C=O) groups excluding carboxylic acids is 1. The highest BCUT2D eigenvalue weighted by molar-refractivity contribution is 9.10. The molecular formula is C18H17BrCl2N2O2. The monoisotopic (exact) mass is 442 g/mol. The molecule has 7 heteroatoms. The van der Waals surface area contributed by atoms with Gasteiger partial charge in [0.15, 0.2) is 6.61 Å². The van der Waals surface area contributed by atoms with Crippen molar-refractivity contribution in [1.29, 1.82) is 0 Å². The van der Waals surface area contributed by atoms with E-state index in [1.807, 2.05) is 18.2 Å². The molecule has 4 nitrogen and oxygen atoms in total. The number of hydrogen-bond acceptors (Lipinski definition) is 3. The van der Waals surface area contributed by atoms with Crippen LogP contribution in [-0.2, 0) is 4.79 Å². The molecule has 0 radical (unpaired) electrons. The smallest absolute Gasteiger partial charge is 0.277 e. The van der Waals surface area contributed by atoms with E-state index in [-0.39, 0.29) is 18.4 Å². The van der Waals surface area contributed by atoms with E-state index in [9.17, 15) is 4.79 Å². The van der Waals surface area contributed by atoms with Gasteiger partial charge in [0.1, 0.15) is 5.75 Å². The normalized spacial score (nSPS) is 11.1. The minimum absolute atomic E-state index is 0.125. The third kappa shape index (κ3) is 6.03. The first-order chi connectivity index (χ1) is 11.9. The van der Waals surface area contributed by atoms with Gasteiger partial charge in [-0.1, -0.05) is 59.0 Å². The van der Waals surface area contributed by atoms with Crippen LogP contribution in [0.25, 0.3) is 0 Å². The highest BCUT2D eigenvalue weighted by atomic mass is 79.9. The maximum absolute atomic E-state index is 11.9. The number of nitrogens with one attached hydrogen (secondary N) is 1. The summed E-state index contributed by atoms with van der Waals surface area (Å²) in [5, 5.41) is 4.77. The number of amides is 1. The number of benzene rings is 2. The molecule has 0 saturated carbocycles. The van der Waals surface area contributed by atoms with E-state index in [4.69, 9.17) is 27.9 Å². The first-order valence-electron chi connectivity index (χ1n) is 7.56. The van der Waals surface area contributed by atoms with Crippen molar-refractivity contribution in [3.8, 4) is 5.75 Å². The second-order valence-electron chi connectivity index (χ2n) is 5.59. The summed E-state index contributed by atoms with van der Waals surface area (Å²) in [5.41, 5.74) is 4.17. The molecule has 2 aromatic rings. The van der Waals surface area contributed by atoms with Crippen LogP contribution in [0, 0.1) is 0 Å². The van der Waals surface area contributed by atoms with Crippen molar-refractivity contribution >= 4 is 51.3 Å². The number of hydrogen-bond donors (Lipinski definition) is 1. The van der Waals surface area contributed by atoms with Crippen LogP contribution in [0.5, 0.6) is 5.75 Å². The maximum atomic E-state index is 11.9. The molecule has 0 spiro atoms. The molecule has 0 fully saturated rings. The van der Waals surface area contributed by atoms with Crippen LogP contribution in [0.4, 0.5) is 0 Å². The van der Waals surface area contributed by atoms with Crippen molar-refractivity contribution in [2.75, 3.05) is 6.61 Å². The lowest BCUT2D eigenvalue weighted by atomic mass is 10.0. The quantitative estimate of drug-likeness (QED) is 0.479. The molecule has 25 heavy (non-hydrogen) atoms. The van der Waals surface area contributed by atoms with Gasteiger partial charge in [-0.15, -0.1) is 0 Å². The molecule has 0 aliphatic heterocycles. The Morgan fingerprint density at radius 3 is 2.68 bits per heavy atom. The van der Waals surface area contributed by atoms with Gasteiger partial charge in [0.2, 0.25) is 0 Å². The molecule has 0 aliphatic rings. The third-order valence-electron chi connectivity index (χ3n) is 3.30. The van der Waals surface area contributed by atoms with E-state index in [1.54, 1.807) is 18.2 Å². The molecule has 0 bridgehead atoms. The number of rotatable bonds is 6. The Bertz CT molecular complexity index is 795. The van der Waals surface area contributed by atoms with Crippen molar-refractivity contribution in [2.45, 2.75) is 19.8 Å². The fourth-order valence-corrected chi connectivity index (χ4v) is 2.73. The first-order valence-corrected chi connectivity index (χ1v) is 9.11. The van der Waals surface area contributed by atoms with Crippen molar-refractivity contribution in [1.82, 2.24) is 5.43 Å². The number of ether oxygens (including phenoxy) is 1. The molecule has 0 saturated heterocycles. The molecule has 0 aromatic heterocycles. The van der Waals surface area contributed by atoms with E-state index < -0.39 is 0 Å². The van der Waals surface area contributed by atoms with Crippen molar-refractivity contribution in [3.63, 3.8) is 0 Å². The molecule has 0 unspecified atom stereocenters. The van der Waals surface area contributed by atoms with Gasteiger partial charge in [-0.2, -0.15) is 5.10 Å². The summed E-state index contributed by atoms with van der Waals surface area (Å²) in [6, 6.07) is 10.8. The summed E-state index contributed by atoms with van der Waals surface area (Å²) in [6.07, 6.45) is 1.49. The zero-order valence-electron chi connectivity index (χ0n) is 13.7. The number of hydrazone groups is 1. The lowest BCUT2D eigenvalue weighted by Gasteiger charge is -2.13. The standard InChI is InChI=1S/C18H17BrCl2N2O2/c1-11(2)14-8-13(19)4-6-17(14)25-10-18(24)23-22-9-12-3-5-15(20)16(21)7-12/h3-9,11H,10H2,1-2H3,(H,23,24)/b22-9+. The molecule has 1 amide bonds. The zero-order chi connectivity index (χ0) is 18.4. The summed E-state index contributed by atoms with van der Waals surface area (Å²) in [4.78, 5) is 11.9. The van der Waals surface area contributed by atoms with E-state index in [0.29, 0.717) is 15.8 Å². The summed E-state index contributed by atoms with van der Waals surface area (Å²) in [6.45, 7) is 4.01. The Hall–Kier alpha value is -1.56. The van der Waals surface area contributed by atoms with E-state index in [1.165, 1.54) is 6.21 Å². The Labute approximate surface area is 165 Å². The Kier molecular flexibility index (Phi) is 7.29. The summed E-state index contributed by atoms with van der Waals surface area (Å²) < 4.78 is 6.58. The molecule has 0 heterocycles. The van der Waals surface area contributed by atoms with Crippen molar-refractivity contribution < 1.29 is 9.53 Å².